The lowest BCUT2D eigenvalue weighted by Gasteiger charge is -2.38. The Morgan fingerprint density at radius 3 is 2.58 bits per heavy atom. The standard InChI is InChI=1S/C20H23NO3/c1-12(2)24-20(23)17-13(3)21-15-10-7-11-16(22)19(15)18(17)14-8-5-4-6-9-14/h4-6,8-10,12,18-19,21H,7,11H2,1-3H3. The summed E-state index contributed by atoms with van der Waals surface area (Å²) < 4.78 is 5.46. The normalized spacial score (nSPS) is 23.5. The van der Waals surface area contributed by atoms with Gasteiger partial charge in [-0.2, -0.15) is 0 Å². The fourth-order valence-corrected chi connectivity index (χ4v) is 3.58. The summed E-state index contributed by atoms with van der Waals surface area (Å²) >= 11 is 0. The van der Waals surface area contributed by atoms with E-state index in [-0.39, 0.29) is 29.7 Å². The van der Waals surface area contributed by atoms with Gasteiger partial charge in [-0.25, -0.2) is 4.79 Å². The van der Waals surface area contributed by atoms with Gasteiger partial charge >= 0.3 is 5.97 Å². The highest BCUT2D eigenvalue weighted by Crippen LogP contribution is 2.43. The maximum atomic E-state index is 12.7. The lowest BCUT2D eigenvalue weighted by Crippen LogP contribution is -2.41. The summed E-state index contributed by atoms with van der Waals surface area (Å²) in [5.74, 6) is -0.796. The van der Waals surface area contributed by atoms with Crippen molar-refractivity contribution >= 4 is 11.8 Å². The summed E-state index contributed by atoms with van der Waals surface area (Å²) in [4.78, 5) is 25.4. The predicted molar refractivity (Wildman–Crippen MR) is 92.1 cm³/mol. The van der Waals surface area contributed by atoms with E-state index in [0.717, 1.165) is 23.4 Å². The summed E-state index contributed by atoms with van der Waals surface area (Å²) in [5.41, 5.74) is 3.22. The fraction of sp³-hybridized carbons (Fsp3) is 0.400. The molecule has 1 aliphatic heterocycles. The molecule has 0 bridgehead atoms. The minimum Gasteiger partial charge on any atom is -0.460 e. The lowest BCUT2D eigenvalue weighted by molar-refractivity contribution is -0.143. The third-order valence-electron chi connectivity index (χ3n) is 4.54. The zero-order chi connectivity index (χ0) is 17.3. The van der Waals surface area contributed by atoms with Crippen LogP contribution in [0.15, 0.2) is 53.4 Å². The molecule has 1 N–H and O–H groups in total. The predicted octanol–water partition coefficient (Wildman–Crippen LogP) is 3.46. The molecule has 0 spiro atoms. The molecule has 0 fully saturated rings. The number of carbonyl (C=O) groups is 2. The van der Waals surface area contributed by atoms with Crippen LogP contribution in [0.5, 0.6) is 0 Å². The van der Waals surface area contributed by atoms with Gasteiger partial charge in [0.15, 0.2) is 0 Å². The molecule has 4 heteroatoms. The molecule has 0 saturated carbocycles. The van der Waals surface area contributed by atoms with Crippen molar-refractivity contribution in [1.82, 2.24) is 5.32 Å². The molecule has 24 heavy (non-hydrogen) atoms. The first-order valence-corrected chi connectivity index (χ1v) is 8.45. The van der Waals surface area contributed by atoms with E-state index in [1.807, 2.05) is 51.1 Å². The first-order valence-electron chi connectivity index (χ1n) is 8.45. The SMILES string of the molecule is CC1=C(C(=O)OC(C)C)C(c2ccccc2)C2C(=O)CCC=C2N1. The molecule has 1 aromatic rings. The van der Waals surface area contributed by atoms with E-state index in [4.69, 9.17) is 4.74 Å². The van der Waals surface area contributed by atoms with Crippen molar-refractivity contribution in [2.75, 3.05) is 0 Å². The summed E-state index contributed by atoms with van der Waals surface area (Å²) in [6.07, 6.45) is 3.15. The van der Waals surface area contributed by atoms with Crippen LogP contribution < -0.4 is 5.32 Å². The maximum Gasteiger partial charge on any atom is 0.336 e. The Balaban J connectivity index is 2.13. The minimum absolute atomic E-state index is 0.177. The van der Waals surface area contributed by atoms with Crippen molar-refractivity contribution in [2.45, 2.75) is 45.6 Å². The van der Waals surface area contributed by atoms with Crippen molar-refractivity contribution in [1.29, 1.82) is 0 Å². The number of benzene rings is 1. The molecule has 2 aliphatic rings. The average Bonchev–Trinajstić information content (AvgIpc) is 2.53. The van der Waals surface area contributed by atoms with Gasteiger partial charge in [0.05, 0.1) is 17.6 Å². The average molecular weight is 325 g/mol. The zero-order valence-corrected chi connectivity index (χ0v) is 14.3. The van der Waals surface area contributed by atoms with E-state index in [9.17, 15) is 9.59 Å². The van der Waals surface area contributed by atoms with Crippen molar-refractivity contribution in [3.05, 3.63) is 58.9 Å². The van der Waals surface area contributed by atoms with Crippen LogP contribution in [0.1, 0.15) is 45.1 Å². The topological polar surface area (TPSA) is 55.4 Å². The van der Waals surface area contributed by atoms with Crippen molar-refractivity contribution in [3.63, 3.8) is 0 Å². The van der Waals surface area contributed by atoms with E-state index in [1.54, 1.807) is 0 Å². The van der Waals surface area contributed by atoms with Crippen molar-refractivity contribution in [3.8, 4) is 0 Å². The van der Waals surface area contributed by atoms with Crippen LogP contribution in [-0.2, 0) is 14.3 Å². The smallest absolute Gasteiger partial charge is 0.336 e. The Labute approximate surface area is 142 Å². The molecule has 0 aromatic heterocycles. The van der Waals surface area contributed by atoms with E-state index in [1.165, 1.54) is 0 Å². The van der Waals surface area contributed by atoms with Gasteiger partial charge in [-0.15, -0.1) is 0 Å². The van der Waals surface area contributed by atoms with Gasteiger partial charge in [0.2, 0.25) is 0 Å². The third kappa shape index (κ3) is 3.01. The highest BCUT2D eigenvalue weighted by Gasteiger charge is 2.43. The summed E-state index contributed by atoms with van der Waals surface area (Å²) in [6.45, 7) is 5.54. The van der Waals surface area contributed by atoms with Crippen LogP contribution in [0.4, 0.5) is 0 Å². The molecule has 2 unspecified atom stereocenters. The van der Waals surface area contributed by atoms with E-state index < -0.39 is 0 Å². The molecule has 126 valence electrons. The Morgan fingerprint density at radius 2 is 1.92 bits per heavy atom. The second-order valence-corrected chi connectivity index (χ2v) is 6.65. The molecule has 1 aromatic carbocycles. The summed E-state index contributed by atoms with van der Waals surface area (Å²) in [6, 6.07) is 9.77. The van der Waals surface area contributed by atoms with Crippen molar-refractivity contribution in [2.24, 2.45) is 5.92 Å². The van der Waals surface area contributed by atoms with E-state index >= 15 is 0 Å². The molecule has 3 rings (SSSR count). The van der Waals surface area contributed by atoms with Gasteiger partial charge in [0.25, 0.3) is 0 Å². The number of carbonyl (C=O) groups excluding carboxylic acids is 2. The Bertz CT molecular complexity index is 716. The van der Waals surface area contributed by atoms with Gasteiger partial charge < -0.3 is 10.1 Å². The van der Waals surface area contributed by atoms with E-state index in [0.29, 0.717) is 12.0 Å². The number of allylic oxidation sites excluding steroid dienone is 3. The highest BCUT2D eigenvalue weighted by atomic mass is 16.5. The Morgan fingerprint density at radius 1 is 1.21 bits per heavy atom. The molecule has 0 radical (unpaired) electrons. The van der Waals surface area contributed by atoms with Crippen LogP contribution in [0.2, 0.25) is 0 Å². The number of nitrogens with one attached hydrogen (secondary N) is 1. The number of fused-ring (bicyclic) bond motifs is 1. The van der Waals surface area contributed by atoms with Crippen LogP contribution in [0.3, 0.4) is 0 Å². The number of rotatable bonds is 3. The quantitative estimate of drug-likeness (QED) is 0.865. The highest BCUT2D eigenvalue weighted by molar-refractivity contribution is 5.96. The molecule has 1 aliphatic carbocycles. The number of hydrogen-bond donors (Lipinski definition) is 1. The van der Waals surface area contributed by atoms with Gasteiger partial charge in [0, 0.05) is 23.7 Å². The lowest BCUT2D eigenvalue weighted by atomic mass is 9.71. The molecule has 1 heterocycles. The molecular formula is C20H23NO3. The third-order valence-corrected chi connectivity index (χ3v) is 4.54. The minimum atomic E-state index is -0.346. The first kappa shape index (κ1) is 16.5. The Kier molecular flexibility index (Phi) is 4.56. The van der Waals surface area contributed by atoms with Gasteiger partial charge in [-0.05, 0) is 32.8 Å². The van der Waals surface area contributed by atoms with Crippen LogP contribution >= 0.6 is 0 Å². The van der Waals surface area contributed by atoms with Crippen LogP contribution in [0.25, 0.3) is 0 Å². The molecule has 0 saturated heterocycles. The first-order chi connectivity index (χ1) is 11.5. The van der Waals surface area contributed by atoms with Crippen LogP contribution in [0, 0.1) is 5.92 Å². The number of hydrogen-bond acceptors (Lipinski definition) is 4. The number of Topliss-reactive ketones (excluding diaryl/α,β-unsaturated/α-hetero) is 1. The van der Waals surface area contributed by atoms with Gasteiger partial charge in [-0.1, -0.05) is 36.4 Å². The second-order valence-electron chi connectivity index (χ2n) is 6.65. The second kappa shape index (κ2) is 6.63. The van der Waals surface area contributed by atoms with Gasteiger partial charge in [0.1, 0.15) is 5.78 Å². The molecule has 2 atom stereocenters. The fourth-order valence-electron chi connectivity index (χ4n) is 3.58. The molecule has 0 amide bonds. The largest absolute Gasteiger partial charge is 0.460 e. The molecule has 4 nitrogen and oxygen atoms in total. The van der Waals surface area contributed by atoms with Crippen LogP contribution in [-0.4, -0.2) is 17.9 Å². The molecular weight excluding hydrogens is 302 g/mol. The zero-order valence-electron chi connectivity index (χ0n) is 14.3. The summed E-state index contributed by atoms with van der Waals surface area (Å²) in [5, 5.41) is 3.27. The maximum absolute atomic E-state index is 12.7. The van der Waals surface area contributed by atoms with Gasteiger partial charge in [-0.3, -0.25) is 4.79 Å². The van der Waals surface area contributed by atoms with E-state index in [2.05, 4.69) is 11.4 Å². The monoisotopic (exact) mass is 325 g/mol. The number of ether oxygens (including phenoxy) is 1. The van der Waals surface area contributed by atoms with Crippen molar-refractivity contribution < 1.29 is 14.3 Å². The summed E-state index contributed by atoms with van der Waals surface area (Å²) in [7, 11) is 0. The Hall–Kier alpha value is -2.36. The number of ketones is 1. The number of esters is 1.